The Morgan fingerprint density at radius 2 is 2.33 bits per heavy atom. The van der Waals surface area contributed by atoms with E-state index in [-0.39, 0.29) is 22.6 Å². The Morgan fingerprint density at radius 3 is 2.95 bits per heavy atom. The molecule has 0 bridgehead atoms. The number of halogens is 1. The summed E-state index contributed by atoms with van der Waals surface area (Å²) in [6.45, 7) is 1.65. The first kappa shape index (κ1) is 15.9. The highest BCUT2D eigenvalue weighted by Gasteiger charge is 2.34. The van der Waals surface area contributed by atoms with Crippen LogP contribution in [0.3, 0.4) is 0 Å². The zero-order valence-electron chi connectivity index (χ0n) is 11.7. The number of hydrogen-bond acceptors (Lipinski definition) is 6. The molecule has 0 spiro atoms. The first-order valence-corrected chi connectivity index (χ1v) is 7.41. The van der Waals surface area contributed by atoms with Gasteiger partial charge in [0.05, 0.1) is 16.4 Å². The van der Waals surface area contributed by atoms with Crippen molar-refractivity contribution in [1.29, 1.82) is 0 Å². The Kier molecular flexibility index (Phi) is 4.94. The van der Waals surface area contributed by atoms with Crippen LogP contribution in [0.15, 0.2) is 6.20 Å². The van der Waals surface area contributed by atoms with Crippen molar-refractivity contribution in [3.63, 3.8) is 0 Å². The van der Waals surface area contributed by atoms with Gasteiger partial charge in [-0.3, -0.25) is 19.6 Å². The highest BCUT2D eigenvalue weighted by atomic mass is 79.9. The van der Waals surface area contributed by atoms with Gasteiger partial charge in [0.15, 0.2) is 0 Å². The van der Waals surface area contributed by atoms with Crippen molar-refractivity contribution in [2.24, 2.45) is 7.05 Å². The van der Waals surface area contributed by atoms with E-state index in [4.69, 9.17) is 9.47 Å². The zero-order chi connectivity index (χ0) is 15.6. The number of nitro groups is 1. The third-order valence-corrected chi connectivity index (χ3v) is 4.21. The summed E-state index contributed by atoms with van der Waals surface area (Å²) >= 11 is 3.43. The maximum Gasteiger partial charge on any atom is 0.312 e. The molecule has 9 heteroatoms. The van der Waals surface area contributed by atoms with Gasteiger partial charge in [0.1, 0.15) is 24.1 Å². The molecule has 0 N–H and O–H groups in total. The standard InChI is InChI=1S/C12H16BrN3O5/c1-7(17)21-10-3-4-11(20-6-8(10)13)12-9(16(18)19)5-14-15(12)2/h5,8,10-11H,3-4,6H2,1-2H3/t8-,10-,11+/m1/s1. The van der Waals surface area contributed by atoms with Crippen LogP contribution in [0.25, 0.3) is 0 Å². The number of aryl methyl sites for hydroxylation is 1. The zero-order valence-corrected chi connectivity index (χ0v) is 13.3. The number of esters is 1. The van der Waals surface area contributed by atoms with E-state index >= 15 is 0 Å². The molecule has 21 heavy (non-hydrogen) atoms. The quantitative estimate of drug-likeness (QED) is 0.353. The molecule has 0 aromatic carbocycles. The third-order valence-electron chi connectivity index (χ3n) is 3.36. The summed E-state index contributed by atoms with van der Waals surface area (Å²) in [4.78, 5) is 21.5. The molecule has 116 valence electrons. The number of carbonyl (C=O) groups excluding carboxylic acids is 1. The van der Waals surface area contributed by atoms with Crippen LogP contribution in [-0.4, -0.2) is 38.2 Å². The second-order valence-electron chi connectivity index (χ2n) is 4.86. The minimum atomic E-state index is -0.467. The van der Waals surface area contributed by atoms with E-state index in [1.54, 1.807) is 7.05 Å². The van der Waals surface area contributed by atoms with E-state index in [1.165, 1.54) is 17.8 Å². The monoisotopic (exact) mass is 361 g/mol. The average molecular weight is 362 g/mol. The van der Waals surface area contributed by atoms with Crippen molar-refractivity contribution in [2.75, 3.05) is 6.61 Å². The van der Waals surface area contributed by atoms with Crippen LogP contribution in [0.2, 0.25) is 0 Å². The average Bonchev–Trinajstić information content (AvgIpc) is 2.70. The largest absolute Gasteiger partial charge is 0.461 e. The number of hydrogen-bond donors (Lipinski definition) is 0. The van der Waals surface area contributed by atoms with Crippen LogP contribution in [0.1, 0.15) is 31.6 Å². The molecule has 1 aromatic heterocycles. The SMILES string of the molecule is CC(=O)O[C@@H]1CC[C@@H](c2c([N+](=O)[O-])cnn2C)OC[C@H]1Br. The predicted molar refractivity (Wildman–Crippen MR) is 76.1 cm³/mol. The summed E-state index contributed by atoms with van der Waals surface area (Å²) in [6, 6.07) is 0. The number of aromatic nitrogens is 2. The summed E-state index contributed by atoms with van der Waals surface area (Å²) in [5, 5.41) is 15.0. The van der Waals surface area contributed by atoms with Gasteiger partial charge in [0.2, 0.25) is 0 Å². The fourth-order valence-corrected chi connectivity index (χ4v) is 2.93. The van der Waals surface area contributed by atoms with Gasteiger partial charge in [-0.15, -0.1) is 0 Å². The Bertz CT molecular complexity index is 547. The Morgan fingerprint density at radius 1 is 1.62 bits per heavy atom. The number of alkyl halides is 1. The summed E-state index contributed by atoms with van der Waals surface area (Å²) in [5.41, 5.74) is 0.378. The molecule has 0 amide bonds. The Hall–Kier alpha value is -1.48. The van der Waals surface area contributed by atoms with Gasteiger partial charge in [0, 0.05) is 14.0 Å². The lowest BCUT2D eigenvalue weighted by atomic mass is 10.1. The lowest BCUT2D eigenvalue weighted by molar-refractivity contribution is -0.386. The van der Waals surface area contributed by atoms with Gasteiger partial charge in [-0.1, -0.05) is 15.9 Å². The smallest absolute Gasteiger partial charge is 0.312 e. The van der Waals surface area contributed by atoms with Gasteiger partial charge in [-0.2, -0.15) is 5.10 Å². The van der Waals surface area contributed by atoms with Crippen LogP contribution in [-0.2, 0) is 21.3 Å². The molecule has 1 saturated heterocycles. The Balaban J connectivity index is 2.18. The van der Waals surface area contributed by atoms with Crippen molar-refractivity contribution in [1.82, 2.24) is 9.78 Å². The summed E-state index contributed by atoms with van der Waals surface area (Å²) in [7, 11) is 1.64. The van der Waals surface area contributed by atoms with Gasteiger partial charge in [-0.25, -0.2) is 0 Å². The van der Waals surface area contributed by atoms with Gasteiger partial charge in [-0.05, 0) is 12.8 Å². The van der Waals surface area contributed by atoms with Gasteiger partial charge < -0.3 is 9.47 Å². The highest BCUT2D eigenvalue weighted by Crippen LogP contribution is 2.34. The first-order chi connectivity index (χ1) is 9.90. The topological polar surface area (TPSA) is 96.5 Å². The summed E-state index contributed by atoms with van der Waals surface area (Å²) in [6.07, 6.45) is 1.54. The van der Waals surface area contributed by atoms with Crippen molar-refractivity contribution in [2.45, 2.75) is 36.8 Å². The molecule has 1 aromatic rings. The minimum absolute atomic E-state index is 0.0560. The number of carbonyl (C=O) groups is 1. The molecule has 0 aliphatic carbocycles. The Labute approximate surface area is 129 Å². The molecule has 0 unspecified atom stereocenters. The van der Waals surface area contributed by atoms with E-state index in [9.17, 15) is 14.9 Å². The van der Waals surface area contributed by atoms with E-state index in [0.717, 1.165) is 0 Å². The number of nitrogens with zero attached hydrogens (tertiary/aromatic N) is 3. The lowest BCUT2D eigenvalue weighted by Gasteiger charge is -2.18. The molecule has 2 heterocycles. The second kappa shape index (κ2) is 6.52. The molecule has 2 rings (SSSR count). The van der Waals surface area contributed by atoms with E-state index in [0.29, 0.717) is 25.1 Å². The molecule has 0 radical (unpaired) electrons. The molecular formula is C12H16BrN3O5. The normalized spacial score (nSPS) is 26.1. The molecule has 1 aliphatic heterocycles. The second-order valence-corrected chi connectivity index (χ2v) is 6.04. The number of rotatable bonds is 3. The first-order valence-electron chi connectivity index (χ1n) is 6.49. The van der Waals surface area contributed by atoms with Crippen molar-refractivity contribution in [3.05, 3.63) is 22.0 Å². The highest BCUT2D eigenvalue weighted by molar-refractivity contribution is 9.09. The molecule has 1 fully saturated rings. The van der Waals surface area contributed by atoms with E-state index in [2.05, 4.69) is 21.0 Å². The summed E-state index contributed by atoms with van der Waals surface area (Å²) in [5.74, 6) is -0.352. The van der Waals surface area contributed by atoms with Gasteiger partial charge in [0.25, 0.3) is 0 Å². The molecule has 3 atom stereocenters. The lowest BCUT2D eigenvalue weighted by Crippen LogP contribution is -2.27. The molecule has 0 saturated carbocycles. The summed E-state index contributed by atoms with van der Waals surface area (Å²) < 4.78 is 12.4. The van der Waals surface area contributed by atoms with Crippen LogP contribution in [0, 0.1) is 10.1 Å². The third kappa shape index (κ3) is 3.59. The van der Waals surface area contributed by atoms with Crippen LogP contribution >= 0.6 is 15.9 Å². The fraction of sp³-hybridized carbons (Fsp3) is 0.667. The van der Waals surface area contributed by atoms with Crippen LogP contribution < -0.4 is 0 Å². The number of ether oxygens (including phenoxy) is 2. The molecular weight excluding hydrogens is 346 g/mol. The maximum absolute atomic E-state index is 11.1. The van der Waals surface area contributed by atoms with Gasteiger partial charge >= 0.3 is 11.7 Å². The molecule has 1 aliphatic rings. The van der Waals surface area contributed by atoms with Crippen molar-refractivity contribution in [3.8, 4) is 0 Å². The van der Waals surface area contributed by atoms with Crippen molar-refractivity contribution >= 4 is 27.6 Å². The van der Waals surface area contributed by atoms with Crippen LogP contribution in [0.5, 0.6) is 0 Å². The van der Waals surface area contributed by atoms with E-state index in [1.807, 2.05) is 0 Å². The predicted octanol–water partition coefficient (Wildman–Crippen LogP) is 1.87. The van der Waals surface area contributed by atoms with E-state index < -0.39 is 11.0 Å². The minimum Gasteiger partial charge on any atom is -0.461 e. The van der Waals surface area contributed by atoms with Crippen molar-refractivity contribution < 1.29 is 19.2 Å². The molecule has 8 nitrogen and oxygen atoms in total. The fourth-order valence-electron chi connectivity index (χ4n) is 2.41. The van der Waals surface area contributed by atoms with Crippen LogP contribution in [0.4, 0.5) is 5.69 Å². The maximum atomic E-state index is 11.1.